The number of aromatic nitrogens is 4. The Morgan fingerprint density at radius 1 is 1.41 bits per heavy atom. The molecule has 1 aromatic heterocycles. The Bertz CT molecular complexity index is 391. The molecule has 0 aliphatic heterocycles. The lowest BCUT2D eigenvalue weighted by atomic mass is 10.3. The lowest BCUT2D eigenvalue weighted by Gasteiger charge is -2.03. The number of carboxylic acids is 1. The molecule has 0 spiro atoms. The molecule has 1 rings (SSSR count). The number of carbonyl (C=O) groups excluding carboxylic acids is 1. The van der Waals surface area contributed by atoms with Gasteiger partial charge in [-0.2, -0.15) is 0 Å². The van der Waals surface area contributed by atoms with E-state index in [1.54, 1.807) is 0 Å². The van der Waals surface area contributed by atoms with Gasteiger partial charge < -0.3 is 15.5 Å². The van der Waals surface area contributed by atoms with Gasteiger partial charge in [0.05, 0.1) is 26.0 Å². The van der Waals surface area contributed by atoms with E-state index >= 15 is 0 Å². The van der Waals surface area contributed by atoms with Crippen LogP contribution in [0.15, 0.2) is 0 Å². The molecular weight excluding hydrogens is 230 g/mol. The van der Waals surface area contributed by atoms with Crippen LogP contribution in [0.4, 0.5) is 0 Å². The summed E-state index contributed by atoms with van der Waals surface area (Å²) >= 11 is 0. The van der Waals surface area contributed by atoms with Gasteiger partial charge in [0.2, 0.25) is 5.91 Å². The number of aliphatic hydroxyl groups excluding tert-OH is 1. The number of rotatable bonds is 7. The molecule has 3 N–H and O–H groups in total. The molecule has 0 aliphatic rings. The van der Waals surface area contributed by atoms with Gasteiger partial charge in [-0.15, -0.1) is 5.10 Å². The van der Waals surface area contributed by atoms with Crippen LogP contribution in [0.3, 0.4) is 0 Å². The molecule has 94 valence electrons. The van der Waals surface area contributed by atoms with Crippen LogP contribution in [0.25, 0.3) is 0 Å². The molecule has 0 saturated carbocycles. The molecule has 1 amide bonds. The van der Waals surface area contributed by atoms with E-state index in [0.29, 0.717) is 5.82 Å². The van der Waals surface area contributed by atoms with Crippen molar-refractivity contribution in [2.75, 3.05) is 13.2 Å². The van der Waals surface area contributed by atoms with E-state index in [4.69, 9.17) is 10.2 Å². The molecule has 0 atom stereocenters. The van der Waals surface area contributed by atoms with Gasteiger partial charge in [-0.05, 0) is 10.4 Å². The Labute approximate surface area is 96.4 Å². The van der Waals surface area contributed by atoms with E-state index in [0.717, 1.165) is 0 Å². The summed E-state index contributed by atoms with van der Waals surface area (Å²) in [6, 6.07) is 0. The van der Waals surface area contributed by atoms with Crippen LogP contribution < -0.4 is 5.32 Å². The molecule has 0 saturated heterocycles. The molecule has 9 nitrogen and oxygen atoms in total. The average Bonchev–Trinajstić information content (AvgIpc) is 2.66. The van der Waals surface area contributed by atoms with Crippen molar-refractivity contribution in [2.24, 2.45) is 0 Å². The molecule has 1 heterocycles. The summed E-state index contributed by atoms with van der Waals surface area (Å²) in [4.78, 5) is 21.6. The Kier molecular flexibility index (Phi) is 5.01. The number of hydrogen-bond acceptors (Lipinski definition) is 6. The van der Waals surface area contributed by atoms with E-state index in [9.17, 15) is 9.59 Å². The summed E-state index contributed by atoms with van der Waals surface area (Å²) in [5, 5.41) is 30.1. The summed E-state index contributed by atoms with van der Waals surface area (Å²) in [5.74, 6) is -1.01. The van der Waals surface area contributed by atoms with Crippen LogP contribution >= 0.6 is 0 Å². The van der Waals surface area contributed by atoms with Gasteiger partial charge in [-0.3, -0.25) is 9.59 Å². The van der Waals surface area contributed by atoms with Crippen LogP contribution in [0.5, 0.6) is 0 Å². The van der Waals surface area contributed by atoms with Crippen molar-refractivity contribution < 1.29 is 19.8 Å². The largest absolute Gasteiger partial charge is 0.481 e. The lowest BCUT2D eigenvalue weighted by Crippen LogP contribution is -2.28. The zero-order chi connectivity index (χ0) is 12.7. The van der Waals surface area contributed by atoms with Gasteiger partial charge in [0.1, 0.15) is 0 Å². The number of aliphatic hydroxyl groups is 1. The molecule has 0 unspecified atom stereocenters. The standard InChI is InChI=1S/C8H13N5O4/c14-4-3-13-6(10-11-12-13)5-7(15)9-2-1-8(16)17/h14H,1-5H2,(H,9,15)(H,16,17). The van der Waals surface area contributed by atoms with Crippen LogP contribution in [-0.4, -0.2) is 55.4 Å². The predicted octanol–water partition coefficient (Wildman–Crippen LogP) is -2.20. The monoisotopic (exact) mass is 243 g/mol. The summed E-state index contributed by atoms with van der Waals surface area (Å²) in [6.07, 6.45) is -0.181. The molecule has 0 aromatic carbocycles. The molecule has 1 aromatic rings. The first-order valence-electron chi connectivity index (χ1n) is 4.98. The Morgan fingerprint density at radius 2 is 2.18 bits per heavy atom. The topological polar surface area (TPSA) is 130 Å². The number of hydrogen-bond donors (Lipinski definition) is 3. The first kappa shape index (κ1) is 13.0. The summed E-state index contributed by atoms with van der Waals surface area (Å²) in [7, 11) is 0. The second-order valence-corrected chi connectivity index (χ2v) is 3.21. The number of carbonyl (C=O) groups is 2. The van der Waals surface area contributed by atoms with E-state index in [2.05, 4.69) is 20.8 Å². The van der Waals surface area contributed by atoms with E-state index in [1.165, 1.54) is 4.68 Å². The van der Waals surface area contributed by atoms with E-state index in [-0.39, 0.29) is 38.4 Å². The highest BCUT2D eigenvalue weighted by molar-refractivity contribution is 5.78. The zero-order valence-electron chi connectivity index (χ0n) is 9.04. The van der Waals surface area contributed by atoms with Crippen molar-refractivity contribution >= 4 is 11.9 Å². The molecule has 9 heteroatoms. The highest BCUT2D eigenvalue weighted by atomic mass is 16.4. The molecule has 17 heavy (non-hydrogen) atoms. The molecule has 0 aliphatic carbocycles. The third-order valence-corrected chi connectivity index (χ3v) is 1.90. The zero-order valence-corrected chi connectivity index (χ0v) is 9.04. The minimum Gasteiger partial charge on any atom is -0.481 e. The normalized spacial score (nSPS) is 10.2. The fraction of sp³-hybridized carbons (Fsp3) is 0.625. The predicted molar refractivity (Wildman–Crippen MR) is 53.9 cm³/mol. The lowest BCUT2D eigenvalue weighted by molar-refractivity contribution is -0.136. The first-order chi connectivity index (χ1) is 8.13. The highest BCUT2D eigenvalue weighted by Gasteiger charge is 2.11. The summed E-state index contributed by atoms with van der Waals surface area (Å²) in [5.41, 5.74) is 0. The van der Waals surface area contributed by atoms with Crippen molar-refractivity contribution in [1.29, 1.82) is 0 Å². The average molecular weight is 243 g/mol. The molecule has 0 bridgehead atoms. The summed E-state index contributed by atoms with van der Waals surface area (Å²) in [6.45, 7) is 0.152. The van der Waals surface area contributed by atoms with E-state index < -0.39 is 5.97 Å². The fourth-order valence-electron chi connectivity index (χ4n) is 1.13. The van der Waals surface area contributed by atoms with Gasteiger partial charge >= 0.3 is 5.97 Å². The van der Waals surface area contributed by atoms with Gasteiger partial charge in [-0.1, -0.05) is 0 Å². The Balaban J connectivity index is 2.39. The minimum absolute atomic E-state index is 0.0490. The number of nitrogens with zero attached hydrogens (tertiary/aromatic N) is 4. The maximum atomic E-state index is 11.4. The van der Waals surface area contributed by atoms with Crippen LogP contribution in [-0.2, 0) is 22.6 Å². The van der Waals surface area contributed by atoms with Crippen LogP contribution in [0, 0.1) is 0 Å². The van der Waals surface area contributed by atoms with Crippen molar-refractivity contribution in [3.05, 3.63) is 5.82 Å². The number of carboxylic acid groups (broad SMARTS) is 1. The summed E-state index contributed by atoms with van der Waals surface area (Å²) < 4.78 is 1.32. The first-order valence-corrected chi connectivity index (χ1v) is 4.98. The third kappa shape index (κ3) is 4.55. The number of nitrogens with one attached hydrogen (secondary N) is 1. The maximum absolute atomic E-state index is 11.4. The maximum Gasteiger partial charge on any atom is 0.305 e. The molecule has 0 fully saturated rings. The Hall–Kier alpha value is -2.03. The minimum atomic E-state index is -0.976. The van der Waals surface area contributed by atoms with Crippen LogP contribution in [0.2, 0.25) is 0 Å². The highest BCUT2D eigenvalue weighted by Crippen LogP contribution is 1.93. The van der Waals surface area contributed by atoms with Gasteiger partial charge in [0.25, 0.3) is 0 Å². The van der Waals surface area contributed by atoms with Crippen molar-refractivity contribution in [1.82, 2.24) is 25.5 Å². The SMILES string of the molecule is O=C(O)CCNC(=O)Cc1nnnn1CCO. The fourth-order valence-corrected chi connectivity index (χ4v) is 1.13. The second-order valence-electron chi connectivity index (χ2n) is 3.21. The quantitative estimate of drug-likeness (QED) is 0.495. The van der Waals surface area contributed by atoms with Gasteiger partial charge in [-0.25, -0.2) is 4.68 Å². The van der Waals surface area contributed by atoms with Crippen LogP contribution in [0.1, 0.15) is 12.2 Å². The smallest absolute Gasteiger partial charge is 0.305 e. The second kappa shape index (κ2) is 6.53. The Morgan fingerprint density at radius 3 is 2.82 bits per heavy atom. The van der Waals surface area contributed by atoms with Gasteiger partial charge in [0, 0.05) is 6.54 Å². The number of aliphatic carboxylic acids is 1. The number of tetrazole rings is 1. The van der Waals surface area contributed by atoms with Crippen molar-refractivity contribution in [2.45, 2.75) is 19.4 Å². The molecule has 0 radical (unpaired) electrons. The third-order valence-electron chi connectivity index (χ3n) is 1.90. The van der Waals surface area contributed by atoms with Crippen molar-refractivity contribution in [3.63, 3.8) is 0 Å². The van der Waals surface area contributed by atoms with Crippen molar-refractivity contribution in [3.8, 4) is 0 Å². The molecular formula is C8H13N5O4. The number of amides is 1. The van der Waals surface area contributed by atoms with E-state index in [1.807, 2.05) is 0 Å². The van der Waals surface area contributed by atoms with Gasteiger partial charge in [0.15, 0.2) is 5.82 Å².